The first-order chi connectivity index (χ1) is 8.33. The standard InChI is InChI=1S/C11H23N3O3S/c1-9(3-6-12)11(15)14-7-4-10(5-8-14)13-18(2,16)17/h9-10,13H,3-8,12H2,1-2H3. The van der Waals surface area contributed by atoms with E-state index < -0.39 is 10.0 Å². The van der Waals surface area contributed by atoms with Crippen LogP contribution in [-0.2, 0) is 14.8 Å². The van der Waals surface area contributed by atoms with Gasteiger partial charge in [-0.2, -0.15) is 0 Å². The number of hydrogen-bond acceptors (Lipinski definition) is 4. The van der Waals surface area contributed by atoms with Crippen LogP contribution in [0, 0.1) is 5.92 Å². The van der Waals surface area contributed by atoms with Crippen LogP contribution >= 0.6 is 0 Å². The van der Waals surface area contributed by atoms with Crippen LogP contribution in [0.4, 0.5) is 0 Å². The van der Waals surface area contributed by atoms with Crippen molar-refractivity contribution in [3.63, 3.8) is 0 Å². The normalized spacial score (nSPS) is 19.8. The summed E-state index contributed by atoms with van der Waals surface area (Å²) in [4.78, 5) is 13.8. The molecule has 0 aromatic rings. The van der Waals surface area contributed by atoms with E-state index in [0.29, 0.717) is 38.9 Å². The van der Waals surface area contributed by atoms with Crippen molar-refractivity contribution >= 4 is 15.9 Å². The van der Waals surface area contributed by atoms with Crippen LogP contribution in [0.3, 0.4) is 0 Å². The minimum absolute atomic E-state index is 0.0468. The molecule has 1 unspecified atom stereocenters. The average molecular weight is 277 g/mol. The molecule has 1 saturated heterocycles. The van der Waals surface area contributed by atoms with E-state index in [1.165, 1.54) is 0 Å². The van der Waals surface area contributed by atoms with Gasteiger partial charge in [0.2, 0.25) is 15.9 Å². The predicted octanol–water partition coefficient (Wildman–Crippen LogP) is -0.488. The molecule has 0 radical (unpaired) electrons. The number of hydrogen-bond donors (Lipinski definition) is 2. The smallest absolute Gasteiger partial charge is 0.225 e. The number of amides is 1. The lowest BCUT2D eigenvalue weighted by Gasteiger charge is -2.33. The number of sulfonamides is 1. The SMILES string of the molecule is CC(CCN)C(=O)N1CCC(NS(C)(=O)=O)CC1. The summed E-state index contributed by atoms with van der Waals surface area (Å²) in [5.41, 5.74) is 5.44. The number of nitrogens with zero attached hydrogens (tertiary/aromatic N) is 1. The molecule has 1 fully saturated rings. The topological polar surface area (TPSA) is 92.5 Å². The summed E-state index contributed by atoms with van der Waals surface area (Å²) in [5, 5.41) is 0. The van der Waals surface area contributed by atoms with Gasteiger partial charge in [-0.05, 0) is 25.8 Å². The molecule has 0 aromatic heterocycles. The highest BCUT2D eigenvalue weighted by Crippen LogP contribution is 2.15. The van der Waals surface area contributed by atoms with Crippen molar-refractivity contribution in [1.82, 2.24) is 9.62 Å². The molecule has 0 aromatic carbocycles. The zero-order chi connectivity index (χ0) is 13.8. The molecule has 1 aliphatic rings. The van der Waals surface area contributed by atoms with Crippen molar-refractivity contribution in [1.29, 1.82) is 0 Å². The Bertz CT molecular complexity index is 375. The summed E-state index contributed by atoms with van der Waals surface area (Å²) < 4.78 is 24.8. The Morgan fingerprint density at radius 3 is 2.44 bits per heavy atom. The largest absolute Gasteiger partial charge is 0.342 e. The Balaban J connectivity index is 2.42. The van der Waals surface area contributed by atoms with Gasteiger partial charge in [-0.3, -0.25) is 4.79 Å². The summed E-state index contributed by atoms with van der Waals surface area (Å²) in [6, 6.07) is -0.0473. The van der Waals surface area contributed by atoms with Gasteiger partial charge < -0.3 is 10.6 Å². The number of rotatable bonds is 5. The summed E-state index contributed by atoms with van der Waals surface area (Å²) in [6.07, 6.45) is 3.20. The molecule has 3 N–H and O–H groups in total. The Hall–Kier alpha value is -0.660. The molecule has 1 rings (SSSR count). The first-order valence-corrected chi connectivity index (χ1v) is 8.18. The Labute approximate surface area is 109 Å². The second-order valence-corrected chi connectivity index (χ2v) is 6.75. The zero-order valence-corrected chi connectivity index (χ0v) is 11.9. The van der Waals surface area contributed by atoms with Crippen molar-refractivity contribution in [3.05, 3.63) is 0 Å². The summed E-state index contributed by atoms with van der Waals surface area (Å²) >= 11 is 0. The summed E-state index contributed by atoms with van der Waals surface area (Å²) in [5.74, 6) is 0.0765. The van der Waals surface area contributed by atoms with Crippen LogP contribution in [0.2, 0.25) is 0 Å². The lowest BCUT2D eigenvalue weighted by atomic mass is 10.0. The van der Waals surface area contributed by atoms with Gasteiger partial charge in [-0.1, -0.05) is 6.92 Å². The number of carbonyl (C=O) groups is 1. The predicted molar refractivity (Wildman–Crippen MR) is 70.4 cm³/mol. The number of likely N-dealkylation sites (tertiary alicyclic amines) is 1. The fraction of sp³-hybridized carbons (Fsp3) is 0.909. The lowest BCUT2D eigenvalue weighted by Crippen LogP contribution is -2.47. The Morgan fingerprint density at radius 2 is 2.00 bits per heavy atom. The maximum atomic E-state index is 12.0. The molecule has 0 spiro atoms. The van der Waals surface area contributed by atoms with Gasteiger partial charge in [0.05, 0.1) is 6.26 Å². The van der Waals surface area contributed by atoms with Crippen LogP contribution in [-0.4, -0.2) is 51.2 Å². The molecule has 7 heteroatoms. The highest BCUT2D eigenvalue weighted by atomic mass is 32.2. The van der Waals surface area contributed by atoms with Gasteiger partial charge in [0.15, 0.2) is 0 Å². The highest BCUT2D eigenvalue weighted by molar-refractivity contribution is 7.88. The van der Waals surface area contributed by atoms with Crippen LogP contribution in [0.15, 0.2) is 0 Å². The van der Waals surface area contributed by atoms with Gasteiger partial charge in [0.1, 0.15) is 0 Å². The van der Waals surface area contributed by atoms with E-state index in [1.807, 2.05) is 6.92 Å². The van der Waals surface area contributed by atoms with E-state index in [4.69, 9.17) is 5.73 Å². The molecule has 0 bridgehead atoms. The molecular formula is C11H23N3O3S. The maximum absolute atomic E-state index is 12.0. The summed E-state index contributed by atoms with van der Waals surface area (Å²) in [7, 11) is -3.16. The lowest BCUT2D eigenvalue weighted by molar-refractivity contribution is -0.136. The maximum Gasteiger partial charge on any atom is 0.225 e. The van der Waals surface area contributed by atoms with Crippen molar-refractivity contribution in [2.75, 3.05) is 25.9 Å². The van der Waals surface area contributed by atoms with Crippen molar-refractivity contribution in [2.24, 2.45) is 11.7 Å². The van der Waals surface area contributed by atoms with Gasteiger partial charge in [-0.15, -0.1) is 0 Å². The fourth-order valence-electron chi connectivity index (χ4n) is 2.21. The Morgan fingerprint density at radius 1 is 1.44 bits per heavy atom. The monoisotopic (exact) mass is 277 g/mol. The van der Waals surface area contributed by atoms with E-state index in [0.717, 1.165) is 6.26 Å². The van der Waals surface area contributed by atoms with Gasteiger partial charge >= 0.3 is 0 Å². The molecule has 1 atom stereocenters. The van der Waals surface area contributed by atoms with Crippen molar-refractivity contribution < 1.29 is 13.2 Å². The molecule has 0 aliphatic carbocycles. The molecule has 1 heterocycles. The second kappa shape index (κ2) is 6.49. The van der Waals surface area contributed by atoms with Gasteiger partial charge in [0, 0.05) is 25.0 Å². The molecule has 6 nitrogen and oxygen atoms in total. The quantitative estimate of drug-likeness (QED) is 0.709. The van der Waals surface area contributed by atoms with Gasteiger partial charge in [0.25, 0.3) is 0 Å². The van der Waals surface area contributed by atoms with E-state index in [9.17, 15) is 13.2 Å². The first-order valence-electron chi connectivity index (χ1n) is 6.29. The minimum atomic E-state index is -3.16. The number of carbonyl (C=O) groups excluding carboxylic acids is 1. The molecule has 0 saturated carbocycles. The summed E-state index contributed by atoms with van der Waals surface area (Å²) in [6.45, 7) is 3.62. The Kier molecular flexibility index (Phi) is 5.55. The third-order valence-electron chi connectivity index (χ3n) is 3.21. The third-order valence-corrected chi connectivity index (χ3v) is 3.97. The fourth-order valence-corrected chi connectivity index (χ4v) is 3.05. The zero-order valence-electron chi connectivity index (χ0n) is 11.1. The molecule has 1 amide bonds. The van der Waals surface area contributed by atoms with Crippen LogP contribution < -0.4 is 10.5 Å². The highest BCUT2D eigenvalue weighted by Gasteiger charge is 2.26. The second-order valence-electron chi connectivity index (χ2n) is 4.97. The van der Waals surface area contributed by atoms with Crippen LogP contribution in [0.5, 0.6) is 0 Å². The average Bonchev–Trinajstić information content (AvgIpc) is 2.27. The molecule has 106 valence electrons. The number of piperidine rings is 1. The molecule has 18 heavy (non-hydrogen) atoms. The van der Waals surface area contributed by atoms with E-state index in [-0.39, 0.29) is 17.9 Å². The van der Waals surface area contributed by atoms with Crippen molar-refractivity contribution in [2.45, 2.75) is 32.2 Å². The first kappa shape index (κ1) is 15.4. The number of nitrogens with two attached hydrogens (primary N) is 1. The van der Waals surface area contributed by atoms with Crippen LogP contribution in [0.25, 0.3) is 0 Å². The molecule has 1 aliphatic heterocycles. The number of nitrogens with one attached hydrogen (secondary N) is 1. The van der Waals surface area contributed by atoms with E-state index >= 15 is 0 Å². The third kappa shape index (κ3) is 4.91. The van der Waals surface area contributed by atoms with E-state index in [1.54, 1.807) is 4.90 Å². The van der Waals surface area contributed by atoms with Gasteiger partial charge in [-0.25, -0.2) is 13.1 Å². The molecular weight excluding hydrogens is 254 g/mol. The van der Waals surface area contributed by atoms with E-state index in [2.05, 4.69) is 4.72 Å². The van der Waals surface area contributed by atoms with Crippen LogP contribution in [0.1, 0.15) is 26.2 Å². The van der Waals surface area contributed by atoms with Crippen molar-refractivity contribution in [3.8, 4) is 0 Å². The minimum Gasteiger partial charge on any atom is -0.342 e.